The molecule has 0 spiro atoms. The molecule has 8 nitrogen and oxygen atoms in total. The molecule has 1 aliphatic rings. The van der Waals surface area contributed by atoms with Crippen molar-refractivity contribution in [1.82, 2.24) is 9.88 Å². The summed E-state index contributed by atoms with van der Waals surface area (Å²) in [4.78, 5) is 21.4. The number of ether oxygens (including phenoxy) is 4. The van der Waals surface area contributed by atoms with Gasteiger partial charge in [0.25, 0.3) is 5.91 Å². The highest BCUT2D eigenvalue weighted by molar-refractivity contribution is 7.22. The molecule has 0 unspecified atom stereocenters. The summed E-state index contributed by atoms with van der Waals surface area (Å²) in [7, 11) is 4.87. The minimum atomic E-state index is -0.0433. The molecule has 2 heterocycles. The zero-order valence-electron chi connectivity index (χ0n) is 17.8. The number of aromatic nitrogens is 1. The van der Waals surface area contributed by atoms with E-state index in [0.29, 0.717) is 37.7 Å². The molecule has 1 amide bonds. The van der Waals surface area contributed by atoms with Gasteiger partial charge in [-0.1, -0.05) is 23.5 Å². The highest BCUT2D eigenvalue weighted by Crippen LogP contribution is 2.40. The number of para-hydroxylation sites is 2. The van der Waals surface area contributed by atoms with E-state index in [2.05, 4.69) is 4.90 Å². The molecular formula is C22H25N3O5S. The second kappa shape index (κ2) is 9.30. The minimum absolute atomic E-state index is 0.0179. The van der Waals surface area contributed by atoms with Crippen molar-refractivity contribution in [2.45, 2.75) is 0 Å². The van der Waals surface area contributed by atoms with Crippen molar-refractivity contribution in [3.63, 3.8) is 0 Å². The van der Waals surface area contributed by atoms with Gasteiger partial charge in [-0.3, -0.25) is 4.79 Å². The molecule has 0 aliphatic carbocycles. The highest BCUT2D eigenvalue weighted by Gasteiger charge is 2.25. The van der Waals surface area contributed by atoms with Gasteiger partial charge >= 0.3 is 0 Å². The van der Waals surface area contributed by atoms with Crippen molar-refractivity contribution < 1.29 is 23.7 Å². The van der Waals surface area contributed by atoms with Gasteiger partial charge in [0.05, 0.1) is 21.3 Å². The first-order valence-corrected chi connectivity index (χ1v) is 10.8. The number of carbonyl (C=O) groups excluding carboxylic acids is 1. The van der Waals surface area contributed by atoms with Crippen LogP contribution in [0.25, 0.3) is 10.2 Å². The number of methoxy groups -OCH3 is 3. The second-order valence-electron chi connectivity index (χ2n) is 6.95. The molecule has 3 aromatic rings. The summed E-state index contributed by atoms with van der Waals surface area (Å²) in [6.45, 7) is 2.60. The molecule has 0 radical (unpaired) electrons. The Morgan fingerprint density at radius 1 is 0.903 bits per heavy atom. The Morgan fingerprint density at radius 2 is 1.55 bits per heavy atom. The van der Waals surface area contributed by atoms with E-state index < -0.39 is 0 Å². The van der Waals surface area contributed by atoms with Crippen molar-refractivity contribution in [1.29, 1.82) is 0 Å². The molecule has 1 fully saturated rings. The maximum absolute atomic E-state index is 12.6. The number of piperazine rings is 1. The number of hydrogen-bond acceptors (Lipinski definition) is 8. The van der Waals surface area contributed by atoms with Crippen molar-refractivity contribution >= 4 is 32.6 Å². The van der Waals surface area contributed by atoms with Crippen LogP contribution < -0.4 is 23.8 Å². The molecule has 0 bridgehead atoms. The van der Waals surface area contributed by atoms with Crippen molar-refractivity contribution in [2.75, 3.05) is 59.0 Å². The van der Waals surface area contributed by atoms with Crippen LogP contribution in [0.1, 0.15) is 0 Å². The molecule has 9 heteroatoms. The van der Waals surface area contributed by atoms with Crippen LogP contribution in [0.3, 0.4) is 0 Å². The van der Waals surface area contributed by atoms with Gasteiger partial charge in [-0.05, 0) is 24.3 Å². The lowest BCUT2D eigenvalue weighted by molar-refractivity contribution is -0.133. The molecular weight excluding hydrogens is 418 g/mol. The van der Waals surface area contributed by atoms with E-state index in [1.165, 1.54) is 0 Å². The fourth-order valence-electron chi connectivity index (χ4n) is 3.53. The first-order valence-electron chi connectivity index (χ1n) is 9.94. The largest absolute Gasteiger partial charge is 0.495 e. The van der Waals surface area contributed by atoms with Gasteiger partial charge in [0.1, 0.15) is 21.7 Å². The lowest BCUT2D eigenvalue weighted by Gasteiger charge is -2.34. The lowest BCUT2D eigenvalue weighted by atomic mass is 10.3. The van der Waals surface area contributed by atoms with Gasteiger partial charge in [-0.25, -0.2) is 4.98 Å². The number of benzene rings is 2. The molecule has 0 atom stereocenters. The van der Waals surface area contributed by atoms with Gasteiger partial charge < -0.3 is 28.7 Å². The van der Waals surface area contributed by atoms with Crippen LogP contribution in [0.5, 0.6) is 23.0 Å². The van der Waals surface area contributed by atoms with E-state index in [0.717, 1.165) is 26.8 Å². The van der Waals surface area contributed by atoms with Gasteiger partial charge in [-0.15, -0.1) is 0 Å². The third kappa shape index (κ3) is 4.32. The number of hydrogen-bond donors (Lipinski definition) is 0. The van der Waals surface area contributed by atoms with Crippen LogP contribution in [0, 0.1) is 0 Å². The van der Waals surface area contributed by atoms with Crippen LogP contribution >= 0.6 is 11.3 Å². The number of nitrogens with zero attached hydrogens (tertiary/aromatic N) is 3. The smallest absolute Gasteiger partial charge is 0.260 e. The highest BCUT2D eigenvalue weighted by atomic mass is 32.1. The molecule has 164 valence electrons. The first kappa shape index (κ1) is 21.0. The van der Waals surface area contributed by atoms with Gasteiger partial charge in [-0.2, -0.15) is 0 Å². The van der Waals surface area contributed by atoms with Crippen LogP contribution in [0.4, 0.5) is 5.13 Å². The summed E-state index contributed by atoms with van der Waals surface area (Å²) in [5.74, 6) is 2.64. The minimum Gasteiger partial charge on any atom is -0.495 e. The van der Waals surface area contributed by atoms with Crippen LogP contribution in [-0.4, -0.2) is 69.9 Å². The average Bonchev–Trinajstić information content (AvgIpc) is 3.27. The molecule has 2 aromatic carbocycles. The Balaban J connectivity index is 1.39. The molecule has 0 N–H and O–H groups in total. The Morgan fingerprint density at radius 3 is 2.23 bits per heavy atom. The van der Waals surface area contributed by atoms with Crippen molar-refractivity contribution in [3.05, 3.63) is 36.4 Å². The zero-order valence-corrected chi connectivity index (χ0v) is 18.6. The Hall–Kier alpha value is -3.20. The summed E-state index contributed by atoms with van der Waals surface area (Å²) in [5, 5.41) is 0.898. The van der Waals surface area contributed by atoms with E-state index >= 15 is 0 Å². The predicted molar refractivity (Wildman–Crippen MR) is 120 cm³/mol. The van der Waals surface area contributed by atoms with Crippen LogP contribution in [0.2, 0.25) is 0 Å². The molecule has 1 aromatic heterocycles. The summed E-state index contributed by atoms with van der Waals surface area (Å²) < 4.78 is 22.8. The van der Waals surface area contributed by atoms with Gasteiger partial charge in [0.2, 0.25) is 0 Å². The van der Waals surface area contributed by atoms with E-state index in [9.17, 15) is 4.79 Å². The molecule has 31 heavy (non-hydrogen) atoms. The normalized spacial score (nSPS) is 13.9. The van der Waals surface area contributed by atoms with Crippen LogP contribution in [-0.2, 0) is 4.79 Å². The fourth-order valence-corrected chi connectivity index (χ4v) is 4.65. The first-order chi connectivity index (χ1) is 15.1. The SMILES string of the molecule is COc1ccccc1OCC(=O)N1CCN(c2nc3c(OC)ccc(OC)c3s2)CC1. The summed E-state index contributed by atoms with van der Waals surface area (Å²) in [5.41, 5.74) is 0.797. The summed E-state index contributed by atoms with van der Waals surface area (Å²) >= 11 is 1.57. The maximum atomic E-state index is 12.6. The average molecular weight is 444 g/mol. The summed E-state index contributed by atoms with van der Waals surface area (Å²) in [6, 6.07) is 11.1. The number of anilines is 1. The second-order valence-corrected chi connectivity index (χ2v) is 7.93. The monoisotopic (exact) mass is 443 g/mol. The zero-order chi connectivity index (χ0) is 21.8. The molecule has 0 saturated carbocycles. The van der Waals surface area contributed by atoms with Gasteiger partial charge in [0.15, 0.2) is 23.2 Å². The third-order valence-corrected chi connectivity index (χ3v) is 6.35. The number of carbonyl (C=O) groups is 1. The Kier molecular flexibility index (Phi) is 6.31. The maximum Gasteiger partial charge on any atom is 0.260 e. The predicted octanol–water partition coefficient (Wildman–Crippen LogP) is 3.05. The molecule has 4 rings (SSSR count). The van der Waals surface area contributed by atoms with Crippen LogP contribution in [0.15, 0.2) is 36.4 Å². The quantitative estimate of drug-likeness (QED) is 0.556. The fraction of sp³-hybridized carbons (Fsp3) is 0.364. The van der Waals surface area contributed by atoms with Crippen molar-refractivity contribution in [2.24, 2.45) is 0 Å². The molecule has 1 aliphatic heterocycles. The number of rotatable bonds is 7. The molecule has 1 saturated heterocycles. The Labute approximate surface area is 184 Å². The number of amides is 1. The lowest BCUT2D eigenvalue weighted by Crippen LogP contribution is -2.50. The summed E-state index contributed by atoms with van der Waals surface area (Å²) in [6.07, 6.45) is 0. The topological polar surface area (TPSA) is 73.4 Å². The van der Waals surface area contributed by atoms with E-state index in [1.54, 1.807) is 44.8 Å². The van der Waals surface area contributed by atoms with E-state index in [4.69, 9.17) is 23.9 Å². The standard InChI is InChI=1S/C22H25N3O5S/c1-27-15-6-4-5-7-16(15)30-14-19(26)24-10-12-25(13-11-24)22-23-20-17(28-2)8-9-18(29-3)21(20)31-22/h4-9H,10-14H2,1-3H3. The van der Waals surface area contributed by atoms with Gasteiger partial charge in [0, 0.05) is 26.2 Å². The Bertz CT molecular complexity index is 1020. The number of fused-ring (bicyclic) bond motifs is 1. The number of thiazole rings is 1. The van der Waals surface area contributed by atoms with E-state index in [-0.39, 0.29) is 12.5 Å². The third-order valence-electron chi connectivity index (χ3n) is 5.22. The van der Waals surface area contributed by atoms with Crippen molar-refractivity contribution in [3.8, 4) is 23.0 Å². The van der Waals surface area contributed by atoms with E-state index in [1.807, 2.05) is 29.2 Å².